The third-order valence-electron chi connectivity index (χ3n) is 9.32. The quantitative estimate of drug-likeness (QED) is 0.191. The molecule has 0 aliphatic heterocycles. The van der Waals surface area contributed by atoms with Gasteiger partial charge < -0.3 is 4.90 Å². The number of rotatable bonds is 4. The smallest absolute Gasteiger partial charge is 0.189 e. The van der Waals surface area contributed by atoms with Crippen LogP contribution in [0.15, 0.2) is 163 Å². The Morgan fingerprint density at radius 1 is 0.435 bits per heavy atom. The second-order valence-corrected chi connectivity index (χ2v) is 12.2. The van der Waals surface area contributed by atoms with Gasteiger partial charge in [-0.3, -0.25) is 4.79 Å². The van der Waals surface area contributed by atoms with E-state index in [0.717, 1.165) is 55.5 Å². The number of carbonyl (C=O) groups excluding carboxylic acids is 1. The first-order chi connectivity index (χ1) is 22.7. The van der Waals surface area contributed by atoms with E-state index in [-0.39, 0.29) is 5.78 Å². The van der Waals surface area contributed by atoms with Gasteiger partial charge >= 0.3 is 0 Å². The molecule has 9 rings (SSSR count). The summed E-state index contributed by atoms with van der Waals surface area (Å²) < 4.78 is 0. The van der Waals surface area contributed by atoms with E-state index in [1.54, 1.807) is 0 Å². The number of ketones is 1. The van der Waals surface area contributed by atoms with E-state index in [1.807, 2.05) is 18.2 Å². The number of hydrogen-bond donors (Lipinski definition) is 0. The fourth-order valence-electron chi connectivity index (χ4n) is 6.98. The highest BCUT2D eigenvalue weighted by Gasteiger charge is 2.25. The van der Waals surface area contributed by atoms with Crippen LogP contribution in [0.25, 0.3) is 49.2 Å². The highest BCUT2D eigenvalue weighted by atomic mass is 16.1. The molecule has 216 valence electrons. The molecule has 0 bridgehead atoms. The number of allylic oxidation sites excluding steroid dienone is 1. The summed E-state index contributed by atoms with van der Waals surface area (Å²) in [5, 5.41) is 9.45. The third-order valence-corrected chi connectivity index (χ3v) is 9.32. The van der Waals surface area contributed by atoms with Crippen LogP contribution in [0.3, 0.4) is 0 Å². The van der Waals surface area contributed by atoms with Gasteiger partial charge in [-0.2, -0.15) is 0 Å². The van der Waals surface area contributed by atoms with Crippen LogP contribution in [0.5, 0.6) is 0 Å². The molecule has 0 unspecified atom stereocenters. The number of hydrogen-bond acceptors (Lipinski definition) is 2. The maximum Gasteiger partial charge on any atom is 0.189 e. The van der Waals surface area contributed by atoms with Gasteiger partial charge in [0.1, 0.15) is 0 Å². The molecular formula is C44H29NO. The molecule has 0 saturated heterocycles. The van der Waals surface area contributed by atoms with Crippen LogP contribution in [-0.2, 0) is 6.42 Å². The number of anilines is 3. The normalized spacial score (nSPS) is 13.7. The molecule has 8 aromatic carbocycles. The minimum atomic E-state index is 0.137. The number of carbonyl (C=O) groups is 1. The maximum absolute atomic E-state index is 13.4. The molecule has 0 heterocycles. The second-order valence-electron chi connectivity index (χ2n) is 12.2. The lowest BCUT2D eigenvalue weighted by molar-refractivity contribution is 0.104. The lowest BCUT2D eigenvalue weighted by Crippen LogP contribution is -2.10. The van der Waals surface area contributed by atoms with Gasteiger partial charge in [-0.1, -0.05) is 109 Å². The lowest BCUT2D eigenvalue weighted by atomic mass is 10.0. The van der Waals surface area contributed by atoms with Gasteiger partial charge in [0, 0.05) is 34.6 Å². The number of Topliss-reactive ketones (excluding diaryl/α,β-unsaturated/α-hetero) is 1. The Hall–Kier alpha value is -5.99. The molecular weight excluding hydrogens is 558 g/mol. The fraction of sp³-hybridized carbons (Fsp3) is 0.0227. The van der Waals surface area contributed by atoms with Crippen LogP contribution in [0, 0.1) is 0 Å². The van der Waals surface area contributed by atoms with E-state index in [0.29, 0.717) is 6.42 Å². The topological polar surface area (TPSA) is 20.3 Å². The van der Waals surface area contributed by atoms with E-state index in [4.69, 9.17) is 0 Å². The van der Waals surface area contributed by atoms with E-state index in [2.05, 4.69) is 151 Å². The summed E-state index contributed by atoms with van der Waals surface area (Å²) in [7, 11) is 0. The molecule has 2 nitrogen and oxygen atoms in total. The number of fused-ring (bicyclic) bond motifs is 5. The number of nitrogens with zero attached hydrogens (tertiary/aromatic N) is 1. The van der Waals surface area contributed by atoms with Gasteiger partial charge in [0.05, 0.1) is 0 Å². The van der Waals surface area contributed by atoms with Crippen molar-refractivity contribution in [2.24, 2.45) is 0 Å². The summed E-state index contributed by atoms with van der Waals surface area (Å²) in [6.45, 7) is 0. The van der Waals surface area contributed by atoms with Crippen LogP contribution < -0.4 is 4.90 Å². The van der Waals surface area contributed by atoms with Crippen LogP contribution in [-0.4, -0.2) is 5.78 Å². The predicted molar refractivity (Wildman–Crippen MR) is 194 cm³/mol. The molecule has 0 atom stereocenters. The average molecular weight is 588 g/mol. The molecule has 0 fully saturated rings. The minimum absolute atomic E-state index is 0.137. The molecule has 1 aliphatic carbocycles. The Kier molecular flexibility index (Phi) is 6.07. The van der Waals surface area contributed by atoms with Crippen molar-refractivity contribution in [1.82, 2.24) is 0 Å². The van der Waals surface area contributed by atoms with E-state index >= 15 is 0 Å². The molecule has 0 amide bonds. The van der Waals surface area contributed by atoms with Crippen LogP contribution in [0.1, 0.15) is 21.5 Å². The monoisotopic (exact) mass is 587 g/mol. The van der Waals surface area contributed by atoms with Crippen molar-refractivity contribution in [3.05, 3.63) is 180 Å². The summed E-state index contributed by atoms with van der Waals surface area (Å²) in [5.74, 6) is 0.137. The molecule has 2 heteroatoms. The van der Waals surface area contributed by atoms with Crippen LogP contribution in [0.2, 0.25) is 0 Å². The first-order valence-corrected chi connectivity index (χ1v) is 15.7. The predicted octanol–water partition coefficient (Wildman–Crippen LogP) is 11.6. The van der Waals surface area contributed by atoms with E-state index in [9.17, 15) is 4.79 Å². The zero-order valence-corrected chi connectivity index (χ0v) is 25.2. The molecule has 8 aromatic rings. The number of benzene rings is 8. The average Bonchev–Trinajstić information content (AvgIpc) is 3.40. The summed E-state index contributed by atoms with van der Waals surface area (Å²) in [6, 6.07) is 56.0. The molecule has 0 aromatic heterocycles. The Morgan fingerprint density at radius 2 is 0.870 bits per heavy atom. The summed E-state index contributed by atoms with van der Waals surface area (Å²) in [6.07, 6.45) is 2.74. The first kappa shape index (κ1) is 26.4. The zero-order valence-electron chi connectivity index (χ0n) is 25.2. The highest BCUT2D eigenvalue weighted by Crippen LogP contribution is 2.39. The van der Waals surface area contributed by atoms with Gasteiger partial charge in [0.25, 0.3) is 0 Å². The van der Waals surface area contributed by atoms with Crippen LogP contribution in [0.4, 0.5) is 17.1 Å². The first-order valence-electron chi connectivity index (χ1n) is 15.7. The Bertz CT molecular complexity index is 2460. The highest BCUT2D eigenvalue weighted by molar-refractivity contribution is 6.17. The van der Waals surface area contributed by atoms with Crippen molar-refractivity contribution in [2.45, 2.75) is 6.42 Å². The van der Waals surface area contributed by atoms with Crippen molar-refractivity contribution in [2.75, 3.05) is 4.90 Å². The standard InChI is InChI=1S/C44H29NO/c46-44-39(24-38-23-32-9-5-6-12-35(32)28-43(38)44)22-29-13-14-37-27-42(20-17-36(37)21-29)45(40-18-15-30-7-1-3-10-33(30)25-40)41-19-16-31-8-2-4-11-34(31)26-41/h1-23,25-28H,24H2. The minimum Gasteiger partial charge on any atom is -0.310 e. The third kappa shape index (κ3) is 4.55. The van der Waals surface area contributed by atoms with Crippen molar-refractivity contribution in [3.8, 4) is 0 Å². The Morgan fingerprint density at radius 3 is 1.46 bits per heavy atom. The molecule has 1 aliphatic rings. The molecule has 0 saturated carbocycles. The van der Waals surface area contributed by atoms with Crippen molar-refractivity contribution < 1.29 is 4.79 Å². The lowest BCUT2D eigenvalue weighted by Gasteiger charge is -2.26. The summed E-state index contributed by atoms with van der Waals surface area (Å²) in [5.41, 5.74) is 7.16. The van der Waals surface area contributed by atoms with E-state index < -0.39 is 0 Å². The van der Waals surface area contributed by atoms with Gasteiger partial charge in [-0.25, -0.2) is 0 Å². The van der Waals surface area contributed by atoms with Crippen molar-refractivity contribution >= 4 is 72.0 Å². The maximum atomic E-state index is 13.4. The fourth-order valence-corrected chi connectivity index (χ4v) is 6.98. The van der Waals surface area contributed by atoms with Gasteiger partial charge in [-0.15, -0.1) is 0 Å². The summed E-state index contributed by atoms with van der Waals surface area (Å²) >= 11 is 0. The Balaban J connectivity index is 1.10. The second kappa shape index (κ2) is 10.6. The molecule has 46 heavy (non-hydrogen) atoms. The van der Waals surface area contributed by atoms with Gasteiger partial charge in [-0.05, 0) is 109 Å². The zero-order chi connectivity index (χ0) is 30.6. The largest absolute Gasteiger partial charge is 0.310 e. The van der Waals surface area contributed by atoms with Crippen LogP contribution >= 0.6 is 0 Å². The van der Waals surface area contributed by atoms with Crippen molar-refractivity contribution in [1.29, 1.82) is 0 Å². The summed E-state index contributed by atoms with van der Waals surface area (Å²) in [4.78, 5) is 15.7. The molecule has 0 radical (unpaired) electrons. The Labute approximate surface area is 267 Å². The van der Waals surface area contributed by atoms with Crippen molar-refractivity contribution in [3.63, 3.8) is 0 Å². The SMILES string of the molecule is O=C1C(=Cc2ccc3cc(N(c4ccc5ccccc5c4)c4ccc5ccccc5c4)ccc3c2)Cc2cc3ccccc3cc21. The van der Waals surface area contributed by atoms with Gasteiger partial charge in [0.15, 0.2) is 5.78 Å². The van der Waals surface area contributed by atoms with E-state index in [1.165, 1.54) is 26.9 Å². The molecule has 0 N–H and O–H groups in total. The molecule has 0 spiro atoms. The van der Waals surface area contributed by atoms with Gasteiger partial charge in [0.2, 0.25) is 0 Å².